The molecule has 0 amide bonds. The summed E-state index contributed by atoms with van der Waals surface area (Å²) >= 11 is 0. The molecule has 0 bridgehead atoms. The van der Waals surface area contributed by atoms with Crippen LogP contribution in [0.3, 0.4) is 0 Å². The van der Waals surface area contributed by atoms with Crippen molar-refractivity contribution in [3.05, 3.63) is 0 Å². The summed E-state index contributed by atoms with van der Waals surface area (Å²) in [5.74, 6) is 0. The standard InChI is InChI=1S/C16H31N3O/c1-5-9-18-16(4,13-17)8-7-10-19-11-14(3)20-12-15(19)6-2/h14-15,18H,5-12H2,1-4H3. The highest BCUT2D eigenvalue weighted by atomic mass is 16.5. The van der Waals surface area contributed by atoms with Crippen molar-refractivity contribution >= 4 is 0 Å². The Balaban J connectivity index is 2.39. The summed E-state index contributed by atoms with van der Waals surface area (Å²) in [6.45, 7) is 12.4. The van der Waals surface area contributed by atoms with Gasteiger partial charge in [0.1, 0.15) is 5.54 Å². The number of nitriles is 1. The largest absolute Gasteiger partial charge is 0.376 e. The SMILES string of the molecule is CCCNC(C)(C#N)CCCN1CC(C)OCC1CC. The van der Waals surface area contributed by atoms with E-state index in [9.17, 15) is 5.26 Å². The Kier molecular flexibility index (Phi) is 7.50. The van der Waals surface area contributed by atoms with E-state index in [4.69, 9.17) is 4.74 Å². The minimum absolute atomic E-state index is 0.332. The van der Waals surface area contributed by atoms with Crippen molar-refractivity contribution in [3.8, 4) is 6.07 Å². The molecular formula is C16H31N3O. The van der Waals surface area contributed by atoms with Gasteiger partial charge in [0.2, 0.25) is 0 Å². The van der Waals surface area contributed by atoms with Gasteiger partial charge in [-0.15, -0.1) is 0 Å². The van der Waals surface area contributed by atoms with Gasteiger partial charge in [-0.1, -0.05) is 13.8 Å². The fourth-order valence-corrected chi connectivity index (χ4v) is 2.78. The number of hydrogen-bond donors (Lipinski definition) is 1. The second-order valence-electron chi connectivity index (χ2n) is 6.18. The van der Waals surface area contributed by atoms with E-state index in [0.29, 0.717) is 12.1 Å². The molecule has 1 N–H and O–H groups in total. The number of rotatable bonds is 8. The molecule has 0 aromatic heterocycles. The molecule has 1 rings (SSSR count). The Labute approximate surface area is 124 Å². The first-order chi connectivity index (χ1) is 9.54. The normalized spacial score (nSPS) is 26.9. The maximum absolute atomic E-state index is 9.34. The van der Waals surface area contributed by atoms with E-state index < -0.39 is 0 Å². The van der Waals surface area contributed by atoms with E-state index in [2.05, 4.69) is 37.1 Å². The lowest BCUT2D eigenvalue weighted by Gasteiger charge is -2.38. The Bertz CT molecular complexity index is 315. The molecule has 116 valence electrons. The average Bonchev–Trinajstić information content (AvgIpc) is 2.45. The molecule has 3 atom stereocenters. The zero-order chi connectivity index (χ0) is 15.0. The number of nitrogens with one attached hydrogen (secondary N) is 1. The third kappa shape index (κ3) is 5.40. The summed E-state index contributed by atoms with van der Waals surface area (Å²) in [5.41, 5.74) is -0.379. The quantitative estimate of drug-likeness (QED) is 0.743. The van der Waals surface area contributed by atoms with Gasteiger partial charge in [0.15, 0.2) is 0 Å². The average molecular weight is 281 g/mol. The van der Waals surface area contributed by atoms with Crippen LogP contribution in [0, 0.1) is 11.3 Å². The van der Waals surface area contributed by atoms with Gasteiger partial charge >= 0.3 is 0 Å². The van der Waals surface area contributed by atoms with Gasteiger partial charge in [-0.3, -0.25) is 10.2 Å². The van der Waals surface area contributed by atoms with Gasteiger partial charge in [0, 0.05) is 12.6 Å². The van der Waals surface area contributed by atoms with Gasteiger partial charge in [-0.05, 0) is 52.6 Å². The summed E-state index contributed by atoms with van der Waals surface area (Å²) < 4.78 is 5.73. The van der Waals surface area contributed by atoms with E-state index in [1.165, 1.54) is 0 Å². The maximum Gasteiger partial charge on any atom is 0.103 e. The van der Waals surface area contributed by atoms with Crippen LogP contribution in [0.1, 0.15) is 53.4 Å². The lowest BCUT2D eigenvalue weighted by atomic mass is 9.97. The lowest BCUT2D eigenvalue weighted by molar-refractivity contribution is -0.0563. The molecule has 1 aliphatic rings. The fraction of sp³-hybridized carbons (Fsp3) is 0.938. The Morgan fingerprint density at radius 3 is 2.80 bits per heavy atom. The molecule has 0 aliphatic carbocycles. The second kappa shape index (κ2) is 8.61. The third-order valence-electron chi connectivity index (χ3n) is 4.19. The highest BCUT2D eigenvalue weighted by Crippen LogP contribution is 2.17. The first-order valence-corrected chi connectivity index (χ1v) is 8.06. The monoisotopic (exact) mass is 281 g/mol. The molecule has 3 unspecified atom stereocenters. The van der Waals surface area contributed by atoms with E-state index >= 15 is 0 Å². The zero-order valence-corrected chi connectivity index (χ0v) is 13.6. The van der Waals surface area contributed by atoms with Crippen LogP contribution in [-0.2, 0) is 4.74 Å². The van der Waals surface area contributed by atoms with E-state index in [1.807, 2.05) is 6.92 Å². The molecular weight excluding hydrogens is 250 g/mol. The van der Waals surface area contributed by atoms with Gasteiger partial charge in [-0.25, -0.2) is 0 Å². The third-order valence-corrected chi connectivity index (χ3v) is 4.19. The van der Waals surface area contributed by atoms with Crippen LogP contribution in [0.4, 0.5) is 0 Å². The van der Waals surface area contributed by atoms with Crippen molar-refractivity contribution in [2.24, 2.45) is 0 Å². The van der Waals surface area contributed by atoms with Crippen LogP contribution in [0.15, 0.2) is 0 Å². The molecule has 0 aromatic rings. The molecule has 1 fully saturated rings. The van der Waals surface area contributed by atoms with Crippen molar-refractivity contribution in [1.29, 1.82) is 5.26 Å². The van der Waals surface area contributed by atoms with E-state index in [-0.39, 0.29) is 5.54 Å². The Morgan fingerprint density at radius 1 is 1.45 bits per heavy atom. The van der Waals surface area contributed by atoms with Crippen LogP contribution in [0.25, 0.3) is 0 Å². The summed E-state index contributed by atoms with van der Waals surface area (Å²) in [7, 11) is 0. The Hall–Kier alpha value is -0.630. The molecule has 4 nitrogen and oxygen atoms in total. The van der Waals surface area contributed by atoms with Gasteiger partial charge < -0.3 is 4.74 Å². The van der Waals surface area contributed by atoms with Crippen molar-refractivity contribution < 1.29 is 4.74 Å². The Morgan fingerprint density at radius 2 is 2.20 bits per heavy atom. The number of morpholine rings is 1. The molecule has 4 heteroatoms. The number of nitrogens with zero attached hydrogens (tertiary/aromatic N) is 2. The molecule has 0 saturated carbocycles. The van der Waals surface area contributed by atoms with Crippen molar-refractivity contribution in [1.82, 2.24) is 10.2 Å². The predicted molar refractivity (Wildman–Crippen MR) is 82.6 cm³/mol. The highest BCUT2D eigenvalue weighted by Gasteiger charge is 2.27. The number of ether oxygens (including phenoxy) is 1. The van der Waals surface area contributed by atoms with Crippen LogP contribution >= 0.6 is 0 Å². The van der Waals surface area contributed by atoms with Crippen LogP contribution in [-0.4, -0.2) is 48.8 Å². The smallest absolute Gasteiger partial charge is 0.103 e. The van der Waals surface area contributed by atoms with Crippen molar-refractivity contribution in [2.45, 2.75) is 71.1 Å². The summed E-state index contributed by atoms with van der Waals surface area (Å²) in [4.78, 5) is 2.53. The molecule has 1 heterocycles. The minimum atomic E-state index is -0.379. The van der Waals surface area contributed by atoms with Crippen LogP contribution in [0.2, 0.25) is 0 Å². The first-order valence-electron chi connectivity index (χ1n) is 8.06. The van der Waals surface area contributed by atoms with Gasteiger partial charge in [0.25, 0.3) is 0 Å². The lowest BCUT2D eigenvalue weighted by Crippen LogP contribution is -2.49. The summed E-state index contributed by atoms with van der Waals surface area (Å²) in [5, 5.41) is 12.7. The first kappa shape index (κ1) is 17.4. The molecule has 1 saturated heterocycles. The summed E-state index contributed by atoms with van der Waals surface area (Å²) in [6, 6.07) is 2.98. The zero-order valence-electron chi connectivity index (χ0n) is 13.6. The van der Waals surface area contributed by atoms with Crippen LogP contribution < -0.4 is 5.32 Å². The predicted octanol–water partition coefficient (Wildman–Crippen LogP) is 2.55. The minimum Gasteiger partial charge on any atom is -0.376 e. The summed E-state index contributed by atoms with van der Waals surface area (Å²) in [6.07, 6.45) is 4.50. The van der Waals surface area contributed by atoms with E-state index in [0.717, 1.165) is 51.9 Å². The fourth-order valence-electron chi connectivity index (χ4n) is 2.78. The molecule has 0 spiro atoms. The molecule has 20 heavy (non-hydrogen) atoms. The number of hydrogen-bond acceptors (Lipinski definition) is 4. The molecule has 0 aromatic carbocycles. The maximum atomic E-state index is 9.34. The van der Waals surface area contributed by atoms with Gasteiger partial charge in [-0.2, -0.15) is 5.26 Å². The van der Waals surface area contributed by atoms with Crippen molar-refractivity contribution in [2.75, 3.05) is 26.2 Å². The topological polar surface area (TPSA) is 48.3 Å². The van der Waals surface area contributed by atoms with E-state index in [1.54, 1.807) is 0 Å². The second-order valence-corrected chi connectivity index (χ2v) is 6.18. The molecule has 0 radical (unpaired) electrons. The molecule has 1 aliphatic heterocycles. The highest BCUT2D eigenvalue weighted by molar-refractivity contribution is 5.03. The van der Waals surface area contributed by atoms with Crippen molar-refractivity contribution in [3.63, 3.8) is 0 Å². The van der Waals surface area contributed by atoms with Gasteiger partial charge in [0.05, 0.1) is 18.8 Å². The van der Waals surface area contributed by atoms with Crippen LogP contribution in [0.5, 0.6) is 0 Å².